The second-order valence-corrected chi connectivity index (χ2v) is 6.76. The van der Waals surface area contributed by atoms with Crippen molar-refractivity contribution in [2.24, 2.45) is 7.05 Å². The van der Waals surface area contributed by atoms with E-state index in [9.17, 15) is 18.8 Å². The summed E-state index contributed by atoms with van der Waals surface area (Å²) in [5, 5.41) is 21.5. The van der Waals surface area contributed by atoms with Crippen molar-refractivity contribution in [3.8, 4) is 17.2 Å². The summed E-state index contributed by atoms with van der Waals surface area (Å²) in [4.78, 5) is 12.0. The first-order valence-corrected chi connectivity index (χ1v) is 8.97. The Kier molecular flexibility index (Phi) is 4.72. The van der Waals surface area contributed by atoms with Crippen LogP contribution in [0.3, 0.4) is 0 Å². The summed E-state index contributed by atoms with van der Waals surface area (Å²) in [7, 11) is 1.72. The Morgan fingerprint density at radius 1 is 1.17 bits per heavy atom. The topological polar surface area (TPSA) is 87.4 Å². The maximum absolute atomic E-state index is 13.6. The molecule has 0 aliphatic rings. The average Bonchev–Trinajstić information content (AvgIpc) is 3.11. The lowest BCUT2D eigenvalue weighted by molar-refractivity contribution is 0.508. The molecule has 4 rings (SSSR count). The zero-order chi connectivity index (χ0) is 21.4. The molecule has 0 bridgehead atoms. The highest BCUT2D eigenvalue weighted by Gasteiger charge is 2.14. The molecule has 2 heterocycles. The van der Waals surface area contributed by atoms with E-state index in [-0.39, 0.29) is 16.7 Å². The Balaban J connectivity index is 1.88. The molecule has 0 fully saturated rings. The van der Waals surface area contributed by atoms with Crippen molar-refractivity contribution in [2.75, 3.05) is 0 Å². The second kappa shape index (κ2) is 7.37. The van der Waals surface area contributed by atoms with Gasteiger partial charge in [-0.1, -0.05) is 12.1 Å². The van der Waals surface area contributed by atoms with E-state index in [2.05, 4.69) is 15.3 Å². The van der Waals surface area contributed by atoms with Crippen LogP contribution in [-0.4, -0.2) is 20.0 Å². The van der Waals surface area contributed by atoms with Crippen molar-refractivity contribution in [2.45, 2.75) is 6.92 Å². The second-order valence-electron chi connectivity index (χ2n) is 6.76. The first-order chi connectivity index (χ1) is 14.4. The van der Waals surface area contributed by atoms with Crippen molar-refractivity contribution < 1.29 is 8.78 Å². The van der Waals surface area contributed by atoms with E-state index >= 15 is 0 Å². The van der Waals surface area contributed by atoms with Gasteiger partial charge < -0.3 is 0 Å². The molecule has 0 radical (unpaired) electrons. The molecule has 0 spiro atoms. The third-order valence-electron chi connectivity index (χ3n) is 4.91. The molecule has 0 atom stereocenters. The summed E-state index contributed by atoms with van der Waals surface area (Å²) in [6.07, 6.45) is 3.21. The number of nitrogens with one attached hydrogen (secondary N) is 1. The normalized spacial score (nSPS) is 11.6. The Hall–Kier alpha value is -4.12. The van der Waals surface area contributed by atoms with E-state index in [4.69, 9.17) is 0 Å². The molecule has 4 aromatic rings. The zero-order valence-electron chi connectivity index (χ0n) is 16.1. The summed E-state index contributed by atoms with van der Waals surface area (Å²) < 4.78 is 28.5. The van der Waals surface area contributed by atoms with E-state index in [0.717, 1.165) is 23.3 Å². The lowest BCUT2D eigenvalue weighted by Gasteiger charge is -2.07. The van der Waals surface area contributed by atoms with Crippen LogP contribution >= 0.6 is 0 Å². The van der Waals surface area contributed by atoms with Crippen LogP contribution in [0, 0.1) is 29.9 Å². The van der Waals surface area contributed by atoms with Gasteiger partial charge in [0.05, 0.1) is 34.6 Å². The number of rotatable bonds is 3. The molecular formula is C22H15F2N5O. The predicted molar refractivity (Wildman–Crippen MR) is 109 cm³/mol. The smallest absolute Gasteiger partial charge is 0.268 e. The van der Waals surface area contributed by atoms with Gasteiger partial charge in [0, 0.05) is 18.0 Å². The van der Waals surface area contributed by atoms with E-state index in [1.165, 1.54) is 6.07 Å². The van der Waals surface area contributed by atoms with E-state index in [1.54, 1.807) is 43.1 Å². The maximum atomic E-state index is 13.6. The minimum Gasteiger partial charge on any atom is -0.268 e. The summed E-state index contributed by atoms with van der Waals surface area (Å²) in [6, 6.07) is 10.7. The Labute approximate surface area is 169 Å². The highest BCUT2D eigenvalue weighted by atomic mass is 19.2. The molecular weight excluding hydrogens is 388 g/mol. The van der Waals surface area contributed by atoms with Gasteiger partial charge in [0.25, 0.3) is 5.56 Å². The van der Waals surface area contributed by atoms with Gasteiger partial charge >= 0.3 is 0 Å². The summed E-state index contributed by atoms with van der Waals surface area (Å²) in [5.74, 6) is -2.01. The monoisotopic (exact) mass is 403 g/mol. The fourth-order valence-corrected chi connectivity index (χ4v) is 3.29. The molecule has 2 aromatic carbocycles. The number of benzene rings is 2. The van der Waals surface area contributed by atoms with Crippen LogP contribution in [0.5, 0.6) is 0 Å². The summed E-state index contributed by atoms with van der Waals surface area (Å²) >= 11 is 0. The van der Waals surface area contributed by atoms with Crippen molar-refractivity contribution in [3.05, 3.63) is 81.5 Å². The van der Waals surface area contributed by atoms with Crippen LogP contribution in [-0.2, 0) is 7.05 Å². The third kappa shape index (κ3) is 3.26. The van der Waals surface area contributed by atoms with Crippen LogP contribution in [0.25, 0.3) is 33.5 Å². The van der Waals surface area contributed by atoms with E-state index in [1.807, 2.05) is 12.1 Å². The highest BCUT2D eigenvalue weighted by molar-refractivity contribution is 5.94. The van der Waals surface area contributed by atoms with Crippen LogP contribution in [0.2, 0.25) is 0 Å². The number of hydrogen-bond donors (Lipinski definition) is 1. The van der Waals surface area contributed by atoms with Gasteiger partial charge in [0.2, 0.25) is 0 Å². The molecule has 0 unspecified atom stereocenters. The van der Waals surface area contributed by atoms with Crippen LogP contribution in [0.1, 0.15) is 17.0 Å². The van der Waals surface area contributed by atoms with Gasteiger partial charge in [-0.3, -0.25) is 9.48 Å². The number of H-pyrrole nitrogens is 1. The van der Waals surface area contributed by atoms with Crippen molar-refractivity contribution in [3.63, 3.8) is 0 Å². The molecule has 2 aromatic heterocycles. The van der Waals surface area contributed by atoms with Crippen molar-refractivity contribution in [1.29, 1.82) is 5.26 Å². The number of hydrogen-bond acceptors (Lipinski definition) is 4. The van der Waals surface area contributed by atoms with E-state index in [0.29, 0.717) is 22.2 Å². The lowest BCUT2D eigenvalue weighted by atomic mass is 9.99. The Morgan fingerprint density at radius 3 is 2.70 bits per heavy atom. The first-order valence-electron chi connectivity index (χ1n) is 8.97. The van der Waals surface area contributed by atoms with Gasteiger partial charge in [-0.25, -0.2) is 13.9 Å². The van der Waals surface area contributed by atoms with Gasteiger partial charge in [-0.05, 0) is 48.4 Å². The quantitative estimate of drug-likeness (QED) is 0.524. The van der Waals surface area contributed by atoms with Gasteiger partial charge in [-0.2, -0.15) is 15.5 Å². The SMILES string of the molecule is Cc1n[nH]c(=O)c2ccc(-c3cnn(C)c3C=C(C#N)c3ccc(F)c(F)c3)cc12. The summed E-state index contributed by atoms with van der Waals surface area (Å²) in [6.45, 7) is 1.79. The number of nitriles is 1. The van der Waals surface area contributed by atoms with Gasteiger partial charge in [-0.15, -0.1) is 0 Å². The maximum Gasteiger partial charge on any atom is 0.272 e. The molecule has 30 heavy (non-hydrogen) atoms. The lowest BCUT2D eigenvalue weighted by Crippen LogP contribution is -2.09. The number of allylic oxidation sites excluding steroid dienone is 1. The number of aromatic amines is 1. The van der Waals surface area contributed by atoms with Crippen LogP contribution in [0.4, 0.5) is 8.78 Å². The molecule has 148 valence electrons. The fourth-order valence-electron chi connectivity index (χ4n) is 3.29. The standard InChI is InChI=1S/C22H15F2N5O/c1-12-17-7-14(3-5-16(17)22(30)28-27-12)18-11-26-29(2)21(18)9-15(10-25)13-4-6-19(23)20(24)8-13/h3-9,11H,1-2H3,(H,28,30). The van der Waals surface area contributed by atoms with Gasteiger partial charge in [0.1, 0.15) is 0 Å². The van der Waals surface area contributed by atoms with Crippen molar-refractivity contribution in [1.82, 2.24) is 20.0 Å². The number of aromatic nitrogens is 4. The molecule has 0 aliphatic heterocycles. The molecule has 8 heteroatoms. The number of nitrogens with zero attached hydrogens (tertiary/aromatic N) is 4. The zero-order valence-corrected chi connectivity index (χ0v) is 16.1. The average molecular weight is 403 g/mol. The minimum absolute atomic E-state index is 0.161. The minimum atomic E-state index is -1.03. The molecule has 0 aliphatic carbocycles. The summed E-state index contributed by atoms with van der Waals surface area (Å²) in [5.41, 5.74) is 2.91. The largest absolute Gasteiger partial charge is 0.272 e. The first kappa shape index (κ1) is 19.2. The number of halogens is 2. The van der Waals surface area contributed by atoms with Crippen molar-refractivity contribution >= 4 is 22.4 Å². The number of aryl methyl sites for hydroxylation is 2. The molecule has 0 saturated heterocycles. The van der Waals surface area contributed by atoms with Crippen LogP contribution < -0.4 is 5.56 Å². The predicted octanol–water partition coefficient (Wildman–Crippen LogP) is 3.97. The third-order valence-corrected chi connectivity index (χ3v) is 4.91. The Morgan fingerprint density at radius 2 is 1.97 bits per heavy atom. The number of fused-ring (bicyclic) bond motifs is 1. The fraction of sp³-hybridized carbons (Fsp3) is 0.0909. The highest BCUT2D eigenvalue weighted by Crippen LogP contribution is 2.30. The van der Waals surface area contributed by atoms with Gasteiger partial charge in [0.15, 0.2) is 11.6 Å². The molecule has 0 saturated carbocycles. The van der Waals surface area contributed by atoms with E-state index < -0.39 is 11.6 Å². The Bertz CT molecular complexity index is 1430. The molecule has 6 nitrogen and oxygen atoms in total. The van der Waals surface area contributed by atoms with Crippen LogP contribution in [0.15, 0.2) is 47.4 Å². The molecule has 0 amide bonds. The molecule has 1 N–H and O–H groups in total.